The van der Waals surface area contributed by atoms with Gasteiger partial charge in [0.2, 0.25) is 5.88 Å². The van der Waals surface area contributed by atoms with Crippen LogP contribution in [0.25, 0.3) is 0 Å². The van der Waals surface area contributed by atoms with Gasteiger partial charge in [-0.25, -0.2) is 13.4 Å². The quantitative estimate of drug-likeness (QED) is 0.673. The van der Waals surface area contributed by atoms with Crippen LogP contribution in [0.4, 0.5) is 0 Å². The molecule has 166 valence electrons. The Labute approximate surface area is 178 Å². The standard InChI is InChI=1S/C21H31N3O5S/c1-14(11-12-30(2,27)28)23-20(26)16-13-22-19(15-7-3-4-8-15)24-21(16)29-18-10-6-5-9-17(18)25/h11-15,17-18,25H,3-10H2,1-2H3,(H,23,26)/b12-11+/t14?,17-,18-/m1/s1. The molecule has 30 heavy (non-hydrogen) atoms. The molecule has 1 aromatic heterocycles. The summed E-state index contributed by atoms with van der Waals surface area (Å²) in [4.78, 5) is 21.8. The van der Waals surface area contributed by atoms with E-state index < -0.39 is 34.0 Å². The van der Waals surface area contributed by atoms with Crippen molar-refractivity contribution in [3.63, 3.8) is 0 Å². The highest BCUT2D eigenvalue weighted by molar-refractivity contribution is 7.93. The van der Waals surface area contributed by atoms with Crippen LogP contribution in [0.2, 0.25) is 0 Å². The Morgan fingerprint density at radius 2 is 1.90 bits per heavy atom. The first-order valence-electron chi connectivity index (χ1n) is 10.6. The summed E-state index contributed by atoms with van der Waals surface area (Å²) in [7, 11) is -3.28. The van der Waals surface area contributed by atoms with E-state index in [4.69, 9.17) is 4.74 Å². The fourth-order valence-electron chi connectivity index (χ4n) is 3.96. The van der Waals surface area contributed by atoms with E-state index in [2.05, 4.69) is 15.3 Å². The van der Waals surface area contributed by atoms with Gasteiger partial charge in [0.15, 0.2) is 9.84 Å². The Morgan fingerprint density at radius 3 is 2.57 bits per heavy atom. The molecule has 9 heteroatoms. The number of aromatic nitrogens is 2. The van der Waals surface area contributed by atoms with Gasteiger partial charge in [0, 0.05) is 29.8 Å². The zero-order valence-corrected chi connectivity index (χ0v) is 18.4. The van der Waals surface area contributed by atoms with E-state index >= 15 is 0 Å². The smallest absolute Gasteiger partial charge is 0.258 e. The van der Waals surface area contributed by atoms with Crippen LogP contribution in [0.5, 0.6) is 5.88 Å². The van der Waals surface area contributed by atoms with E-state index in [9.17, 15) is 18.3 Å². The second-order valence-corrected chi connectivity index (χ2v) is 10.3. The second-order valence-electron chi connectivity index (χ2n) is 8.36. The van der Waals surface area contributed by atoms with Crippen molar-refractivity contribution >= 4 is 15.7 Å². The topological polar surface area (TPSA) is 118 Å². The van der Waals surface area contributed by atoms with Crippen molar-refractivity contribution in [2.24, 2.45) is 0 Å². The SMILES string of the molecule is CC(/C=C/S(C)(=O)=O)NC(=O)c1cnc(C2CCCC2)nc1O[C@@H]1CCCC[C@H]1O. The van der Waals surface area contributed by atoms with Crippen molar-refractivity contribution in [1.29, 1.82) is 0 Å². The van der Waals surface area contributed by atoms with Gasteiger partial charge in [-0.3, -0.25) is 4.79 Å². The predicted octanol–water partition coefficient (Wildman–Crippen LogP) is 2.49. The monoisotopic (exact) mass is 437 g/mol. The minimum absolute atomic E-state index is 0.189. The molecule has 1 heterocycles. The third-order valence-electron chi connectivity index (χ3n) is 5.64. The van der Waals surface area contributed by atoms with E-state index in [1.807, 2.05) is 0 Å². The number of nitrogens with one attached hydrogen (secondary N) is 1. The number of aliphatic hydroxyl groups excluding tert-OH is 1. The van der Waals surface area contributed by atoms with Crippen LogP contribution in [0.1, 0.15) is 80.4 Å². The molecule has 2 saturated carbocycles. The highest BCUT2D eigenvalue weighted by Crippen LogP contribution is 2.34. The highest BCUT2D eigenvalue weighted by atomic mass is 32.2. The number of sulfone groups is 1. The van der Waals surface area contributed by atoms with Crippen LogP contribution in [-0.2, 0) is 9.84 Å². The Bertz CT molecular complexity index is 881. The minimum atomic E-state index is -3.28. The molecule has 0 aliphatic heterocycles. The van der Waals surface area contributed by atoms with Crippen LogP contribution >= 0.6 is 0 Å². The van der Waals surface area contributed by atoms with E-state index in [1.54, 1.807) is 6.92 Å². The number of hydrogen-bond donors (Lipinski definition) is 2. The lowest BCUT2D eigenvalue weighted by Crippen LogP contribution is -2.36. The molecule has 0 spiro atoms. The van der Waals surface area contributed by atoms with Crippen LogP contribution in [-0.4, -0.2) is 53.9 Å². The van der Waals surface area contributed by atoms with Crippen molar-refractivity contribution in [2.75, 3.05) is 6.26 Å². The minimum Gasteiger partial charge on any atom is -0.471 e. The number of hydrogen-bond acceptors (Lipinski definition) is 7. The highest BCUT2D eigenvalue weighted by Gasteiger charge is 2.29. The predicted molar refractivity (Wildman–Crippen MR) is 113 cm³/mol. The average molecular weight is 438 g/mol. The lowest BCUT2D eigenvalue weighted by Gasteiger charge is -2.28. The van der Waals surface area contributed by atoms with Crippen molar-refractivity contribution < 1.29 is 23.1 Å². The molecule has 0 saturated heterocycles. The van der Waals surface area contributed by atoms with Gasteiger partial charge >= 0.3 is 0 Å². The number of rotatable bonds is 7. The zero-order chi connectivity index (χ0) is 21.7. The third kappa shape index (κ3) is 6.25. The van der Waals surface area contributed by atoms with Gasteiger partial charge in [0.25, 0.3) is 5.91 Å². The summed E-state index contributed by atoms with van der Waals surface area (Å²) in [6.07, 6.45) is 10.6. The molecule has 2 fully saturated rings. The Kier molecular flexibility index (Phi) is 7.46. The van der Waals surface area contributed by atoms with Crippen LogP contribution in [0.15, 0.2) is 17.7 Å². The zero-order valence-electron chi connectivity index (χ0n) is 17.6. The average Bonchev–Trinajstić information content (AvgIpc) is 3.22. The fraction of sp³-hybridized carbons (Fsp3) is 0.667. The lowest BCUT2D eigenvalue weighted by molar-refractivity contribution is 0.00378. The number of nitrogens with zero attached hydrogens (tertiary/aromatic N) is 2. The molecule has 0 radical (unpaired) electrons. The molecule has 3 rings (SSSR count). The number of aliphatic hydroxyl groups is 1. The first-order chi connectivity index (χ1) is 14.2. The summed E-state index contributed by atoms with van der Waals surface area (Å²) >= 11 is 0. The van der Waals surface area contributed by atoms with Crippen molar-refractivity contribution in [3.05, 3.63) is 29.1 Å². The largest absolute Gasteiger partial charge is 0.471 e. The summed E-state index contributed by atoms with van der Waals surface area (Å²) in [6.45, 7) is 1.68. The Balaban J connectivity index is 1.82. The molecular formula is C21H31N3O5S. The van der Waals surface area contributed by atoms with Crippen molar-refractivity contribution in [2.45, 2.75) is 82.5 Å². The van der Waals surface area contributed by atoms with Crippen LogP contribution in [0, 0.1) is 0 Å². The van der Waals surface area contributed by atoms with Crippen molar-refractivity contribution in [3.8, 4) is 5.88 Å². The maximum absolute atomic E-state index is 12.8. The van der Waals surface area contributed by atoms with Crippen LogP contribution < -0.4 is 10.1 Å². The normalized spacial score (nSPS) is 24.1. The summed E-state index contributed by atoms with van der Waals surface area (Å²) in [5.74, 6) is 0.681. The fourth-order valence-corrected chi connectivity index (χ4v) is 4.48. The van der Waals surface area contributed by atoms with Crippen LogP contribution in [0.3, 0.4) is 0 Å². The lowest BCUT2D eigenvalue weighted by atomic mass is 9.95. The van der Waals surface area contributed by atoms with Gasteiger partial charge in [-0.1, -0.05) is 25.3 Å². The van der Waals surface area contributed by atoms with Gasteiger partial charge < -0.3 is 15.2 Å². The molecule has 1 amide bonds. The molecule has 2 aliphatic carbocycles. The molecule has 1 aromatic rings. The molecule has 0 bridgehead atoms. The number of amides is 1. The first-order valence-corrected chi connectivity index (χ1v) is 12.6. The summed E-state index contributed by atoms with van der Waals surface area (Å²) in [6, 6.07) is -0.505. The first kappa shape index (κ1) is 22.7. The summed E-state index contributed by atoms with van der Waals surface area (Å²) < 4.78 is 28.6. The van der Waals surface area contributed by atoms with E-state index in [0.717, 1.165) is 50.2 Å². The summed E-state index contributed by atoms with van der Waals surface area (Å²) in [5, 5.41) is 14.1. The van der Waals surface area contributed by atoms with Gasteiger partial charge in [-0.15, -0.1) is 0 Å². The molecule has 1 unspecified atom stereocenters. The van der Waals surface area contributed by atoms with Gasteiger partial charge in [0.05, 0.1) is 6.10 Å². The molecule has 3 atom stereocenters. The van der Waals surface area contributed by atoms with E-state index in [1.165, 1.54) is 12.3 Å². The van der Waals surface area contributed by atoms with Crippen molar-refractivity contribution in [1.82, 2.24) is 15.3 Å². The molecular weight excluding hydrogens is 406 g/mol. The van der Waals surface area contributed by atoms with Gasteiger partial charge in [0.1, 0.15) is 17.5 Å². The molecule has 0 aromatic carbocycles. The molecule has 8 nitrogen and oxygen atoms in total. The third-order valence-corrected chi connectivity index (χ3v) is 6.29. The number of ether oxygens (including phenoxy) is 1. The second kappa shape index (κ2) is 9.87. The Morgan fingerprint density at radius 1 is 1.23 bits per heavy atom. The maximum atomic E-state index is 12.8. The molecule has 2 aliphatic rings. The maximum Gasteiger partial charge on any atom is 0.258 e. The van der Waals surface area contributed by atoms with E-state index in [-0.39, 0.29) is 17.4 Å². The molecule has 2 N–H and O–H groups in total. The summed E-state index contributed by atoms with van der Waals surface area (Å²) in [5.41, 5.74) is 0.189. The van der Waals surface area contributed by atoms with Gasteiger partial charge in [-0.05, 0) is 39.0 Å². The number of carbonyl (C=O) groups is 1. The Hall–Kier alpha value is -2.00. The van der Waals surface area contributed by atoms with Gasteiger partial charge in [-0.2, -0.15) is 4.98 Å². The number of carbonyl (C=O) groups excluding carboxylic acids is 1. The van der Waals surface area contributed by atoms with E-state index in [0.29, 0.717) is 18.7 Å².